The number of ether oxygens (including phenoxy) is 4. The molecule has 3 heterocycles. The van der Waals surface area contributed by atoms with Gasteiger partial charge in [-0.3, -0.25) is 14.4 Å². The molecular formula is C38H46O10. The number of ketones is 2. The number of phenolic OH excluding ortho intramolecular Hbond substituents is 1. The third-order valence-electron chi connectivity index (χ3n) is 10.9. The summed E-state index contributed by atoms with van der Waals surface area (Å²) in [6, 6.07) is 0. The Morgan fingerprint density at radius 2 is 1.83 bits per heavy atom. The Balaban J connectivity index is 1.55. The average molecular weight is 663 g/mol. The van der Waals surface area contributed by atoms with Gasteiger partial charge in [0.15, 0.2) is 22.8 Å². The quantitative estimate of drug-likeness (QED) is 0.168. The highest BCUT2D eigenvalue weighted by atomic mass is 16.6. The summed E-state index contributed by atoms with van der Waals surface area (Å²) in [7, 11) is 0. The zero-order valence-electron chi connectivity index (χ0n) is 28.9. The zero-order valence-corrected chi connectivity index (χ0v) is 28.9. The average Bonchev–Trinajstić information content (AvgIpc) is 3.15. The molecule has 0 amide bonds. The highest BCUT2D eigenvalue weighted by Crippen LogP contribution is 2.68. The number of Topliss-reactive ketones (excluding diaryl/α,β-unsaturated/α-hetero) is 2. The van der Waals surface area contributed by atoms with E-state index in [4.69, 9.17) is 18.9 Å². The van der Waals surface area contributed by atoms with Gasteiger partial charge in [0.2, 0.25) is 0 Å². The van der Waals surface area contributed by atoms with Gasteiger partial charge in [-0.05, 0) is 99.3 Å². The lowest BCUT2D eigenvalue weighted by atomic mass is 9.51. The fraction of sp³-hybridized carbons (Fsp3) is 0.553. The summed E-state index contributed by atoms with van der Waals surface area (Å²) in [5.74, 6) is -1.11. The number of aliphatic hydroxyl groups is 2. The molecule has 1 saturated heterocycles. The molecule has 3 aliphatic heterocycles. The van der Waals surface area contributed by atoms with Crippen molar-refractivity contribution in [3.8, 4) is 17.2 Å². The smallest absolute Gasteiger partial charge is 0.298 e. The number of rotatable bonds is 10. The molecule has 0 radical (unpaired) electrons. The van der Waals surface area contributed by atoms with Gasteiger partial charge in [-0.15, -0.1) is 0 Å². The maximum atomic E-state index is 14.8. The van der Waals surface area contributed by atoms with E-state index in [-0.39, 0.29) is 41.4 Å². The molecule has 4 unspecified atom stereocenters. The van der Waals surface area contributed by atoms with Crippen LogP contribution in [-0.2, 0) is 25.5 Å². The molecule has 6 aliphatic rings. The number of aromatic hydroxyl groups is 1. The Hall–Kier alpha value is -3.73. The van der Waals surface area contributed by atoms with E-state index in [1.807, 2.05) is 40.7 Å². The normalized spacial score (nSPS) is 31.5. The molecule has 258 valence electrons. The summed E-state index contributed by atoms with van der Waals surface area (Å²) in [4.78, 5) is 40.2. The minimum absolute atomic E-state index is 0.00293. The van der Waals surface area contributed by atoms with Crippen molar-refractivity contribution in [2.75, 3.05) is 0 Å². The molecule has 6 atom stereocenters. The van der Waals surface area contributed by atoms with Crippen LogP contribution >= 0.6 is 0 Å². The summed E-state index contributed by atoms with van der Waals surface area (Å²) in [5.41, 5.74) is -4.01. The molecule has 1 aromatic carbocycles. The maximum Gasteiger partial charge on any atom is 0.298 e. The first-order chi connectivity index (χ1) is 22.3. The van der Waals surface area contributed by atoms with Crippen molar-refractivity contribution in [1.29, 1.82) is 0 Å². The topological polar surface area (TPSA) is 149 Å². The van der Waals surface area contributed by atoms with Crippen LogP contribution in [-0.4, -0.2) is 67.5 Å². The predicted octanol–water partition coefficient (Wildman–Crippen LogP) is 5.45. The predicted molar refractivity (Wildman–Crippen MR) is 177 cm³/mol. The second-order valence-corrected chi connectivity index (χ2v) is 15.5. The van der Waals surface area contributed by atoms with Crippen molar-refractivity contribution in [1.82, 2.24) is 0 Å². The summed E-state index contributed by atoms with van der Waals surface area (Å²) >= 11 is 0. The number of carbonyl (C=O) groups excluding carboxylic acids is 3. The Bertz CT molecular complexity index is 1720. The largest absolute Gasteiger partial charge is 0.506 e. The number of aliphatic hydroxyl groups excluding tert-OH is 1. The van der Waals surface area contributed by atoms with E-state index in [1.54, 1.807) is 45.1 Å². The van der Waals surface area contributed by atoms with Crippen LogP contribution in [0.1, 0.15) is 103 Å². The number of hydrogen-bond acceptors (Lipinski definition) is 10. The molecule has 10 nitrogen and oxygen atoms in total. The second-order valence-electron chi connectivity index (χ2n) is 15.5. The van der Waals surface area contributed by atoms with Crippen LogP contribution in [0.25, 0.3) is 6.08 Å². The molecule has 1 spiro atoms. The van der Waals surface area contributed by atoms with Crippen molar-refractivity contribution in [3.05, 3.63) is 57.9 Å². The standard InChI is InChI=1S/C38H46O10/c1-20(2)9-10-24-31-23(12-14-36(8,46-31)15-13-27(40)34(4,5)44)29(41)28-30(42)25-17-22-18-26-35(6,7)48-37(33(22)43,16-11-21(3)45-19-39)38(25,26)47-32(24)28/h9,11-12,14,17,19,22,26-27,40-41,44H,10,13,15-16,18H2,1-8H3/b21-11-/t22?,26?,27?,36-,37?,38-/m1/s1. The third kappa shape index (κ3) is 4.90. The Kier molecular flexibility index (Phi) is 7.93. The minimum atomic E-state index is -1.60. The fourth-order valence-corrected chi connectivity index (χ4v) is 8.33. The van der Waals surface area contributed by atoms with E-state index >= 15 is 0 Å². The summed E-state index contributed by atoms with van der Waals surface area (Å²) in [6.45, 7) is 14.6. The van der Waals surface area contributed by atoms with Crippen LogP contribution in [0.15, 0.2) is 41.2 Å². The van der Waals surface area contributed by atoms with Crippen LogP contribution < -0.4 is 9.47 Å². The molecule has 3 aliphatic carbocycles. The van der Waals surface area contributed by atoms with Crippen molar-refractivity contribution in [2.24, 2.45) is 11.8 Å². The van der Waals surface area contributed by atoms with Gasteiger partial charge in [-0.25, -0.2) is 0 Å². The van der Waals surface area contributed by atoms with Crippen molar-refractivity contribution in [3.63, 3.8) is 0 Å². The molecule has 2 fully saturated rings. The lowest BCUT2D eigenvalue weighted by Crippen LogP contribution is -2.72. The van der Waals surface area contributed by atoms with Gasteiger partial charge in [-0.1, -0.05) is 17.7 Å². The van der Waals surface area contributed by atoms with Crippen molar-refractivity contribution < 1.29 is 48.7 Å². The molecule has 48 heavy (non-hydrogen) atoms. The lowest BCUT2D eigenvalue weighted by Gasteiger charge is -2.56. The molecule has 3 N–H and O–H groups in total. The molecule has 1 saturated carbocycles. The number of benzene rings is 1. The van der Waals surface area contributed by atoms with Crippen LogP contribution in [0.4, 0.5) is 0 Å². The van der Waals surface area contributed by atoms with E-state index in [9.17, 15) is 29.7 Å². The number of allylic oxidation sites excluding steroid dienone is 4. The van der Waals surface area contributed by atoms with E-state index in [1.165, 1.54) is 0 Å². The molecule has 7 rings (SSSR count). The Morgan fingerprint density at radius 1 is 1.12 bits per heavy atom. The zero-order chi connectivity index (χ0) is 35.2. The van der Waals surface area contributed by atoms with E-state index < -0.39 is 51.7 Å². The second kappa shape index (κ2) is 11.1. The van der Waals surface area contributed by atoms with Crippen molar-refractivity contribution in [2.45, 2.75) is 122 Å². The van der Waals surface area contributed by atoms with Gasteiger partial charge in [-0.2, -0.15) is 0 Å². The van der Waals surface area contributed by atoms with Gasteiger partial charge in [0.1, 0.15) is 34.2 Å². The molecular weight excluding hydrogens is 616 g/mol. The molecule has 10 heteroatoms. The first-order valence-corrected chi connectivity index (χ1v) is 16.6. The third-order valence-corrected chi connectivity index (χ3v) is 10.9. The van der Waals surface area contributed by atoms with Gasteiger partial charge >= 0.3 is 0 Å². The van der Waals surface area contributed by atoms with Crippen LogP contribution in [0, 0.1) is 11.8 Å². The maximum absolute atomic E-state index is 14.8. The van der Waals surface area contributed by atoms with Gasteiger partial charge in [0, 0.05) is 29.4 Å². The van der Waals surface area contributed by atoms with E-state index in [0.29, 0.717) is 48.2 Å². The highest BCUT2D eigenvalue weighted by molar-refractivity contribution is 6.19. The monoisotopic (exact) mass is 662 g/mol. The fourth-order valence-electron chi connectivity index (χ4n) is 8.33. The lowest BCUT2D eigenvalue weighted by molar-refractivity contribution is -0.171. The molecule has 1 aromatic rings. The van der Waals surface area contributed by atoms with E-state index in [2.05, 4.69) is 0 Å². The van der Waals surface area contributed by atoms with Crippen molar-refractivity contribution >= 4 is 24.1 Å². The SMILES string of the molecule is CC(C)=CCc1c2c(c(O)c3c1O[C@]14C(=CC5CC1C(C)(C)OC4(C/C=C(/C)OC=O)C5=O)C3=O)C=C[C@](C)(CCC(O)C(C)(C)O)O2. The van der Waals surface area contributed by atoms with Crippen LogP contribution in [0.2, 0.25) is 0 Å². The highest BCUT2D eigenvalue weighted by Gasteiger charge is 2.81. The van der Waals surface area contributed by atoms with Gasteiger partial charge in [0.25, 0.3) is 6.47 Å². The minimum Gasteiger partial charge on any atom is -0.506 e. The van der Waals surface area contributed by atoms with E-state index in [0.717, 1.165) is 5.57 Å². The first-order valence-electron chi connectivity index (χ1n) is 16.6. The summed E-state index contributed by atoms with van der Waals surface area (Å²) in [6.07, 6.45) is 9.15. The Labute approximate surface area is 281 Å². The molecule has 4 bridgehead atoms. The number of fused-ring (bicyclic) bond motifs is 2. The summed E-state index contributed by atoms with van der Waals surface area (Å²) < 4.78 is 25.6. The van der Waals surface area contributed by atoms with Gasteiger partial charge < -0.3 is 34.3 Å². The Morgan fingerprint density at radius 3 is 2.48 bits per heavy atom. The van der Waals surface area contributed by atoms with Crippen LogP contribution in [0.3, 0.4) is 0 Å². The first kappa shape index (κ1) is 34.1. The number of hydrogen-bond donors (Lipinski definition) is 3. The molecule has 0 aromatic heterocycles. The number of carbonyl (C=O) groups is 3. The van der Waals surface area contributed by atoms with Crippen LogP contribution in [0.5, 0.6) is 17.2 Å². The summed E-state index contributed by atoms with van der Waals surface area (Å²) in [5, 5.41) is 32.7. The van der Waals surface area contributed by atoms with Gasteiger partial charge in [0.05, 0.1) is 22.9 Å². The number of phenols is 1.